The molecule has 1 aromatic carbocycles. The van der Waals surface area contributed by atoms with E-state index in [1.165, 1.54) is 5.56 Å². The van der Waals surface area contributed by atoms with E-state index in [0.717, 1.165) is 17.3 Å². The van der Waals surface area contributed by atoms with E-state index in [4.69, 9.17) is 5.73 Å². The van der Waals surface area contributed by atoms with Gasteiger partial charge in [0, 0.05) is 16.4 Å². The van der Waals surface area contributed by atoms with Crippen LogP contribution in [-0.4, -0.2) is 31.4 Å². The van der Waals surface area contributed by atoms with Crippen LogP contribution in [0.4, 0.5) is 0 Å². The zero-order valence-corrected chi connectivity index (χ0v) is 13.9. The van der Waals surface area contributed by atoms with Gasteiger partial charge in [-0.05, 0) is 24.5 Å². The van der Waals surface area contributed by atoms with E-state index >= 15 is 0 Å². The Kier molecular flexibility index (Phi) is 6.64. The Morgan fingerprint density at radius 3 is 2.43 bits per heavy atom. The monoisotopic (exact) mass is 375 g/mol. The van der Waals surface area contributed by atoms with Crippen LogP contribution in [0.25, 0.3) is 0 Å². The van der Waals surface area contributed by atoms with Crippen LogP contribution < -0.4 is 16.4 Å². The van der Waals surface area contributed by atoms with Crippen LogP contribution in [0.1, 0.15) is 18.4 Å². The Bertz CT molecular complexity index is 521. The highest BCUT2D eigenvalue weighted by molar-refractivity contribution is 9.10. The fourth-order valence-corrected chi connectivity index (χ4v) is 2.87. The van der Waals surface area contributed by atoms with Gasteiger partial charge < -0.3 is 16.4 Å². The molecule has 1 aliphatic rings. The summed E-state index contributed by atoms with van der Waals surface area (Å²) in [5.74, 6) is -0.516. The smallest absolute Gasteiger partial charge is 0.239 e. The van der Waals surface area contributed by atoms with E-state index in [-0.39, 0.29) is 42.7 Å². The number of amides is 2. The van der Waals surface area contributed by atoms with Gasteiger partial charge in [-0.2, -0.15) is 0 Å². The van der Waals surface area contributed by atoms with Gasteiger partial charge in [0.25, 0.3) is 0 Å². The van der Waals surface area contributed by atoms with Gasteiger partial charge in [-0.1, -0.05) is 34.1 Å². The molecule has 0 aliphatic heterocycles. The van der Waals surface area contributed by atoms with Gasteiger partial charge in [-0.3, -0.25) is 9.59 Å². The van der Waals surface area contributed by atoms with Crippen LogP contribution in [0.2, 0.25) is 0 Å². The molecule has 0 aromatic heterocycles. The average Bonchev–Trinajstić information content (AvgIpc) is 3.24. The number of nitrogens with one attached hydrogen (secondary N) is 2. The standard InChI is InChI=1S/C14H18BrN3O2.ClH/c15-11-4-2-1-3-10(11)14(5-6-14)9-18-13(20)8-17-12(19)7-16;/h1-4H,5-9,16H2,(H,17,19)(H,18,20);1H. The lowest BCUT2D eigenvalue weighted by Crippen LogP contribution is -2.41. The van der Waals surface area contributed by atoms with Crippen molar-refractivity contribution in [1.82, 2.24) is 10.6 Å². The molecule has 1 aliphatic carbocycles. The Balaban J connectivity index is 0.00000220. The molecule has 0 atom stereocenters. The lowest BCUT2D eigenvalue weighted by molar-refractivity contribution is -0.125. The molecule has 0 unspecified atom stereocenters. The number of hydrogen-bond donors (Lipinski definition) is 3. The van der Waals surface area contributed by atoms with Crippen LogP contribution in [0, 0.1) is 0 Å². The predicted octanol–water partition coefficient (Wildman–Crippen LogP) is 1.09. The average molecular weight is 377 g/mol. The van der Waals surface area contributed by atoms with Gasteiger partial charge in [0.05, 0.1) is 13.1 Å². The third-order valence-electron chi connectivity index (χ3n) is 3.55. The largest absolute Gasteiger partial charge is 0.354 e. The van der Waals surface area contributed by atoms with Crippen molar-refractivity contribution >= 4 is 40.2 Å². The van der Waals surface area contributed by atoms with Crippen LogP contribution in [0.5, 0.6) is 0 Å². The number of hydrogen-bond acceptors (Lipinski definition) is 3. The maximum absolute atomic E-state index is 11.7. The van der Waals surface area contributed by atoms with Gasteiger partial charge >= 0.3 is 0 Å². The Morgan fingerprint density at radius 1 is 1.19 bits per heavy atom. The summed E-state index contributed by atoms with van der Waals surface area (Å²) < 4.78 is 1.07. The van der Waals surface area contributed by atoms with Crippen LogP contribution in [0.15, 0.2) is 28.7 Å². The molecule has 1 fully saturated rings. The summed E-state index contributed by atoms with van der Waals surface area (Å²) in [6, 6.07) is 8.08. The molecule has 21 heavy (non-hydrogen) atoms. The van der Waals surface area contributed by atoms with Crippen molar-refractivity contribution in [1.29, 1.82) is 0 Å². The van der Waals surface area contributed by atoms with Gasteiger partial charge in [0.15, 0.2) is 0 Å². The zero-order chi connectivity index (χ0) is 14.6. The van der Waals surface area contributed by atoms with Gasteiger partial charge in [0.1, 0.15) is 0 Å². The second-order valence-electron chi connectivity index (χ2n) is 5.02. The van der Waals surface area contributed by atoms with Gasteiger partial charge in [-0.25, -0.2) is 0 Å². The molecule has 0 saturated heterocycles. The van der Waals surface area contributed by atoms with Crippen LogP contribution in [-0.2, 0) is 15.0 Å². The summed E-state index contributed by atoms with van der Waals surface area (Å²) in [4.78, 5) is 22.6. The van der Waals surface area contributed by atoms with Crippen molar-refractivity contribution in [2.24, 2.45) is 5.73 Å². The highest BCUT2D eigenvalue weighted by atomic mass is 79.9. The quantitative estimate of drug-likeness (QED) is 0.695. The third kappa shape index (κ3) is 4.69. The fourth-order valence-electron chi connectivity index (χ4n) is 2.16. The summed E-state index contributed by atoms with van der Waals surface area (Å²) >= 11 is 3.55. The minimum atomic E-state index is -0.327. The van der Waals surface area contributed by atoms with E-state index in [1.54, 1.807) is 0 Å². The molecule has 0 radical (unpaired) electrons. The maximum Gasteiger partial charge on any atom is 0.239 e. The van der Waals surface area contributed by atoms with Gasteiger partial charge in [-0.15, -0.1) is 12.4 Å². The van der Waals surface area contributed by atoms with Crippen molar-refractivity contribution in [3.63, 3.8) is 0 Å². The number of halogens is 2. The molecule has 1 saturated carbocycles. The molecule has 4 N–H and O–H groups in total. The Hall–Kier alpha value is -1.11. The number of nitrogens with two attached hydrogens (primary N) is 1. The molecular weight excluding hydrogens is 358 g/mol. The summed E-state index contributed by atoms with van der Waals surface area (Å²) in [7, 11) is 0. The minimum Gasteiger partial charge on any atom is -0.354 e. The van der Waals surface area contributed by atoms with E-state index in [0.29, 0.717) is 6.54 Å². The lowest BCUT2D eigenvalue weighted by atomic mass is 9.96. The zero-order valence-electron chi connectivity index (χ0n) is 11.5. The molecule has 0 spiro atoms. The van der Waals surface area contributed by atoms with Crippen molar-refractivity contribution in [3.05, 3.63) is 34.3 Å². The number of carbonyl (C=O) groups excluding carboxylic acids is 2. The number of rotatable bonds is 6. The summed E-state index contributed by atoms with van der Waals surface area (Å²) in [6.07, 6.45) is 2.12. The predicted molar refractivity (Wildman–Crippen MR) is 87.4 cm³/mol. The highest BCUT2D eigenvalue weighted by Gasteiger charge is 2.45. The molecule has 116 valence electrons. The first-order chi connectivity index (χ1) is 9.57. The first-order valence-electron chi connectivity index (χ1n) is 6.56. The highest BCUT2D eigenvalue weighted by Crippen LogP contribution is 2.49. The molecule has 2 amide bonds. The van der Waals surface area contributed by atoms with Crippen LogP contribution >= 0.6 is 28.3 Å². The second kappa shape index (κ2) is 7.77. The molecule has 2 rings (SSSR count). The second-order valence-corrected chi connectivity index (χ2v) is 5.87. The normalized spacial score (nSPS) is 14.8. The first kappa shape index (κ1) is 17.9. The van der Waals surface area contributed by atoms with Crippen LogP contribution in [0.3, 0.4) is 0 Å². The van der Waals surface area contributed by atoms with E-state index < -0.39 is 0 Å². The van der Waals surface area contributed by atoms with Crippen molar-refractivity contribution < 1.29 is 9.59 Å². The first-order valence-corrected chi connectivity index (χ1v) is 7.35. The van der Waals surface area contributed by atoms with E-state index in [9.17, 15) is 9.59 Å². The molecule has 1 aromatic rings. The van der Waals surface area contributed by atoms with Gasteiger partial charge in [0.2, 0.25) is 11.8 Å². The molecular formula is C14H19BrClN3O2. The Morgan fingerprint density at radius 2 is 1.86 bits per heavy atom. The Labute approximate surface area is 138 Å². The third-order valence-corrected chi connectivity index (χ3v) is 4.25. The molecule has 5 nitrogen and oxygen atoms in total. The SMILES string of the molecule is Cl.NCC(=O)NCC(=O)NCC1(c2ccccc2Br)CC1. The summed E-state index contributed by atoms with van der Waals surface area (Å²) in [5, 5.41) is 5.33. The van der Waals surface area contributed by atoms with Crippen molar-refractivity contribution in [2.75, 3.05) is 19.6 Å². The molecule has 0 bridgehead atoms. The number of carbonyl (C=O) groups is 2. The maximum atomic E-state index is 11.7. The summed E-state index contributed by atoms with van der Waals surface area (Å²) in [6.45, 7) is 0.462. The topological polar surface area (TPSA) is 84.2 Å². The van der Waals surface area contributed by atoms with Crippen molar-refractivity contribution in [3.8, 4) is 0 Å². The molecule has 0 heterocycles. The minimum absolute atomic E-state index is 0. The van der Waals surface area contributed by atoms with E-state index in [1.807, 2.05) is 18.2 Å². The summed E-state index contributed by atoms with van der Waals surface area (Å²) in [5.41, 5.74) is 6.42. The fraction of sp³-hybridized carbons (Fsp3) is 0.429. The molecule has 7 heteroatoms. The van der Waals surface area contributed by atoms with Crippen molar-refractivity contribution in [2.45, 2.75) is 18.3 Å². The van der Waals surface area contributed by atoms with E-state index in [2.05, 4.69) is 32.6 Å². The number of benzene rings is 1. The lowest BCUT2D eigenvalue weighted by Gasteiger charge is -2.18.